The molecule has 2 aliphatic rings. The molecule has 0 aliphatic heterocycles. The van der Waals surface area contributed by atoms with Crippen LogP contribution in [0, 0.1) is 0 Å². The molecule has 0 N–H and O–H groups in total. The number of allylic oxidation sites excluding steroid dienone is 6. The molecule has 0 amide bonds. The largest absolute Gasteiger partial charge is 0.152 e. The van der Waals surface area contributed by atoms with Crippen molar-refractivity contribution >= 4 is 16.9 Å². The van der Waals surface area contributed by atoms with Gasteiger partial charge in [-0.1, -0.05) is 24.1 Å². The smallest absolute Gasteiger partial charge is 0.00147 e. The lowest BCUT2D eigenvalue weighted by Crippen LogP contribution is -1.95. The Balaban J connectivity index is 1.89. The molecule has 0 nitrogen and oxygen atoms in total. The molecule has 1 aromatic rings. The summed E-state index contributed by atoms with van der Waals surface area (Å²) in [6.45, 7) is 0. The summed E-state index contributed by atoms with van der Waals surface area (Å²) in [7, 11) is 0. The SMILES string of the molecule is C1=CC(=C2CCCCC2)C=C1c1ccsc1. The number of hydrogen-bond donors (Lipinski definition) is 0. The van der Waals surface area contributed by atoms with Gasteiger partial charge in [0.15, 0.2) is 0 Å². The lowest BCUT2D eigenvalue weighted by atomic mass is 9.91. The topological polar surface area (TPSA) is 0 Å². The van der Waals surface area contributed by atoms with Crippen molar-refractivity contribution in [2.24, 2.45) is 0 Å². The zero-order valence-electron chi connectivity index (χ0n) is 9.41. The highest BCUT2D eigenvalue weighted by Crippen LogP contribution is 2.32. The van der Waals surface area contributed by atoms with E-state index in [4.69, 9.17) is 0 Å². The van der Waals surface area contributed by atoms with E-state index in [-0.39, 0.29) is 0 Å². The maximum Gasteiger partial charge on any atom is -0.00147 e. The van der Waals surface area contributed by atoms with Gasteiger partial charge in [0.2, 0.25) is 0 Å². The Kier molecular flexibility index (Phi) is 2.79. The standard InChI is InChI=1S/C15H16S/c1-2-4-12(5-3-1)13-6-7-14(10-13)15-8-9-16-11-15/h6-11H,1-5H2. The molecular formula is C15H16S. The van der Waals surface area contributed by atoms with E-state index in [1.807, 2.05) is 0 Å². The van der Waals surface area contributed by atoms with Crippen molar-refractivity contribution in [3.05, 3.63) is 51.8 Å². The molecule has 16 heavy (non-hydrogen) atoms. The highest BCUT2D eigenvalue weighted by atomic mass is 32.1. The lowest BCUT2D eigenvalue weighted by Gasteiger charge is -2.14. The first-order valence-electron chi connectivity index (χ1n) is 6.08. The van der Waals surface area contributed by atoms with Crippen molar-refractivity contribution in [1.29, 1.82) is 0 Å². The quantitative estimate of drug-likeness (QED) is 0.637. The highest BCUT2D eigenvalue weighted by molar-refractivity contribution is 7.08. The number of rotatable bonds is 1. The van der Waals surface area contributed by atoms with Crippen LogP contribution in [0.2, 0.25) is 0 Å². The van der Waals surface area contributed by atoms with Crippen molar-refractivity contribution in [3.8, 4) is 0 Å². The van der Waals surface area contributed by atoms with E-state index >= 15 is 0 Å². The van der Waals surface area contributed by atoms with Crippen molar-refractivity contribution in [3.63, 3.8) is 0 Å². The average molecular weight is 228 g/mol. The van der Waals surface area contributed by atoms with Gasteiger partial charge < -0.3 is 0 Å². The summed E-state index contributed by atoms with van der Waals surface area (Å²) in [6, 6.07) is 2.20. The fourth-order valence-electron chi connectivity index (χ4n) is 2.54. The van der Waals surface area contributed by atoms with Gasteiger partial charge in [-0.15, -0.1) is 0 Å². The molecule has 0 spiro atoms. The molecule has 1 saturated carbocycles. The van der Waals surface area contributed by atoms with Gasteiger partial charge in [0.1, 0.15) is 0 Å². The van der Waals surface area contributed by atoms with Crippen LogP contribution < -0.4 is 0 Å². The van der Waals surface area contributed by atoms with Gasteiger partial charge in [0.05, 0.1) is 0 Å². The van der Waals surface area contributed by atoms with Crippen LogP contribution in [-0.4, -0.2) is 0 Å². The van der Waals surface area contributed by atoms with E-state index in [9.17, 15) is 0 Å². The second-order valence-corrected chi connectivity index (χ2v) is 5.34. The monoisotopic (exact) mass is 228 g/mol. The van der Waals surface area contributed by atoms with Gasteiger partial charge >= 0.3 is 0 Å². The molecule has 0 radical (unpaired) electrons. The van der Waals surface area contributed by atoms with Gasteiger partial charge in [-0.05, 0) is 65.3 Å². The van der Waals surface area contributed by atoms with E-state index in [1.165, 1.54) is 48.8 Å². The minimum Gasteiger partial charge on any atom is -0.152 e. The van der Waals surface area contributed by atoms with Crippen molar-refractivity contribution in [1.82, 2.24) is 0 Å². The third kappa shape index (κ3) is 1.92. The molecule has 1 heterocycles. The Bertz CT molecular complexity index is 450. The summed E-state index contributed by atoms with van der Waals surface area (Å²) in [6.07, 6.45) is 13.7. The summed E-state index contributed by atoms with van der Waals surface area (Å²) in [5.41, 5.74) is 5.91. The predicted octanol–water partition coefficient (Wildman–Crippen LogP) is 4.96. The molecule has 1 fully saturated rings. The molecule has 1 heteroatoms. The summed E-state index contributed by atoms with van der Waals surface area (Å²) < 4.78 is 0. The fraction of sp³-hybridized carbons (Fsp3) is 0.333. The zero-order valence-corrected chi connectivity index (χ0v) is 10.2. The van der Waals surface area contributed by atoms with Gasteiger partial charge in [-0.3, -0.25) is 0 Å². The second kappa shape index (κ2) is 4.42. The minimum atomic E-state index is 1.31. The van der Waals surface area contributed by atoms with Crippen LogP contribution in [0.4, 0.5) is 0 Å². The molecule has 0 aromatic carbocycles. The summed E-state index contributed by atoms with van der Waals surface area (Å²) in [4.78, 5) is 0. The van der Waals surface area contributed by atoms with Crippen LogP contribution in [-0.2, 0) is 0 Å². The summed E-state index contributed by atoms with van der Waals surface area (Å²) in [5.74, 6) is 0. The second-order valence-electron chi connectivity index (χ2n) is 4.56. The van der Waals surface area contributed by atoms with Gasteiger partial charge in [-0.2, -0.15) is 11.3 Å². The fourth-order valence-corrected chi connectivity index (χ4v) is 3.20. The Morgan fingerprint density at radius 2 is 1.88 bits per heavy atom. The highest BCUT2D eigenvalue weighted by Gasteiger charge is 2.12. The molecule has 3 rings (SSSR count). The van der Waals surface area contributed by atoms with Crippen molar-refractivity contribution in [2.75, 3.05) is 0 Å². The third-order valence-corrected chi connectivity index (χ3v) is 4.16. The molecule has 0 bridgehead atoms. The normalized spacial score (nSPS) is 20.4. The molecule has 0 unspecified atom stereocenters. The van der Waals surface area contributed by atoms with Crippen LogP contribution >= 0.6 is 11.3 Å². The molecule has 82 valence electrons. The predicted molar refractivity (Wildman–Crippen MR) is 71.5 cm³/mol. The van der Waals surface area contributed by atoms with Crippen molar-refractivity contribution in [2.45, 2.75) is 32.1 Å². The molecule has 0 saturated heterocycles. The van der Waals surface area contributed by atoms with E-state index in [0.717, 1.165) is 0 Å². The third-order valence-electron chi connectivity index (χ3n) is 3.47. The maximum absolute atomic E-state index is 2.36. The van der Waals surface area contributed by atoms with E-state index in [2.05, 4.69) is 35.1 Å². The van der Waals surface area contributed by atoms with Gasteiger partial charge in [-0.25, -0.2) is 0 Å². The van der Waals surface area contributed by atoms with Crippen LogP contribution in [0.1, 0.15) is 37.7 Å². The van der Waals surface area contributed by atoms with Crippen LogP contribution in [0.25, 0.3) is 5.57 Å². The first kappa shape index (κ1) is 10.1. The summed E-state index contributed by atoms with van der Waals surface area (Å²) >= 11 is 1.77. The van der Waals surface area contributed by atoms with Crippen LogP contribution in [0.5, 0.6) is 0 Å². The van der Waals surface area contributed by atoms with Gasteiger partial charge in [0.25, 0.3) is 0 Å². The number of hydrogen-bond acceptors (Lipinski definition) is 1. The Hall–Kier alpha value is -1.08. The molecule has 1 aromatic heterocycles. The Morgan fingerprint density at radius 1 is 1.00 bits per heavy atom. The lowest BCUT2D eigenvalue weighted by molar-refractivity contribution is 0.597. The molecule has 0 atom stereocenters. The first-order chi connectivity index (χ1) is 7.93. The van der Waals surface area contributed by atoms with Crippen molar-refractivity contribution < 1.29 is 0 Å². The Morgan fingerprint density at radius 3 is 2.62 bits per heavy atom. The van der Waals surface area contributed by atoms with Gasteiger partial charge in [0, 0.05) is 0 Å². The summed E-state index contributed by atoms with van der Waals surface area (Å²) in [5, 5.41) is 4.38. The minimum absolute atomic E-state index is 1.31. The number of thiophene rings is 1. The van der Waals surface area contributed by atoms with E-state index in [1.54, 1.807) is 16.9 Å². The Labute approximate surface area is 101 Å². The average Bonchev–Trinajstić information content (AvgIpc) is 3.01. The maximum atomic E-state index is 2.36. The van der Waals surface area contributed by atoms with Crippen LogP contribution in [0.15, 0.2) is 46.2 Å². The van der Waals surface area contributed by atoms with Crippen LogP contribution in [0.3, 0.4) is 0 Å². The first-order valence-corrected chi connectivity index (χ1v) is 7.02. The molecular weight excluding hydrogens is 212 g/mol. The molecule has 2 aliphatic carbocycles. The van der Waals surface area contributed by atoms with E-state index < -0.39 is 0 Å². The zero-order chi connectivity index (χ0) is 10.8. The van der Waals surface area contributed by atoms with E-state index in [0.29, 0.717) is 0 Å².